The molecule has 136 valence electrons. The SMILES string of the molecule is Cc1nnc(N2CCC(Oc3cccc4c3ccn4CC3CC3)CC2)s1. The molecule has 5 rings (SSSR count). The maximum atomic E-state index is 6.42. The number of anilines is 1. The van der Waals surface area contributed by atoms with Crippen LogP contribution in [-0.2, 0) is 6.54 Å². The van der Waals surface area contributed by atoms with Crippen molar-refractivity contribution in [2.75, 3.05) is 18.0 Å². The quantitative estimate of drug-likeness (QED) is 0.675. The standard InChI is InChI=1S/C20H24N4OS/c1-14-21-22-20(26-14)23-10-7-16(8-11-23)25-19-4-2-3-18-17(19)9-12-24(18)13-15-5-6-15/h2-4,9,12,15-16H,5-8,10-11,13H2,1H3. The minimum atomic E-state index is 0.276. The van der Waals surface area contributed by atoms with Crippen LogP contribution in [0.1, 0.15) is 30.7 Å². The van der Waals surface area contributed by atoms with Gasteiger partial charge in [-0.2, -0.15) is 0 Å². The summed E-state index contributed by atoms with van der Waals surface area (Å²) in [6.45, 7) is 5.12. The van der Waals surface area contributed by atoms with Crippen LogP contribution in [0.3, 0.4) is 0 Å². The lowest BCUT2D eigenvalue weighted by atomic mass is 10.1. The van der Waals surface area contributed by atoms with Crippen molar-refractivity contribution in [2.45, 2.75) is 45.3 Å². The monoisotopic (exact) mass is 368 g/mol. The van der Waals surface area contributed by atoms with Gasteiger partial charge >= 0.3 is 0 Å². The molecule has 6 heteroatoms. The first-order valence-electron chi connectivity index (χ1n) is 9.56. The summed E-state index contributed by atoms with van der Waals surface area (Å²) in [5.41, 5.74) is 1.30. The Morgan fingerprint density at radius 2 is 1.96 bits per heavy atom. The van der Waals surface area contributed by atoms with E-state index >= 15 is 0 Å². The summed E-state index contributed by atoms with van der Waals surface area (Å²) < 4.78 is 8.81. The van der Waals surface area contributed by atoms with Crippen molar-refractivity contribution in [2.24, 2.45) is 5.92 Å². The molecule has 0 atom stereocenters. The van der Waals surface area contributed by atoms with Gasteiger partial charge in [-0.15, -0.1) is 10.2 Å². The number of nitrogens with zero attached hydrogens (tertiary/aromatic N) is 4. The third-order valence-corrected chi connectivity index (χ3v) is 6.35. The Labute approximate surface area is 157 Å². The molecule has 1 saturated heterocycles. The number of ether oxygens (including phenoxy) is 1. The van der Waals surface area contributed by atoms with E-state index in [2.05, 4.69) is 50.1 Å². The predicted molar refractivity (Wildman–Crippen MR) is 105 cm³/mol. The fraction of sp³-hybridized carbons (Fsp3) is 0.500. The van der Waals surface area contributed by atoms with Gasteiger partial charge in [0.1, 0.15) is 16.9 Å². The second-order valence-corrected chi connectivity index (χ2v) is 8.67. The van der Waals surface area contributed by atoms with Gasteiger partial charge in [-0.3, -0.25) is 0 Å². The van der Waals surface area contributed by atoms with Crippen LogP contribution in [0.5, 0.6) is 5.75 Å². The zero-order valence-electron chi connectivity index (χ0n) is 15.1. The number of aryl methyl sites for hydroxylation is 1. The van der Waals surface area contributed by atoms with Gasteiger partial charge in [0.2, 0.25) is 5.13 Å². The number of rotatable bonds is 5. The molecule has 26 heavy (non-hydrogen) atoms. The predicted octanol–water partition coefficient (Wildman–Crippen LogP) is 4.26. The molecule has 1 aliphatic heterocycles. The van der Waals surface area contributed by atoms with E-state index in [1.807, 2.05) is 6.92 Å². The second-order valence-electron chi connectivity index (χ2n) is 7.51. The molecule has 0 amide bonds. The number of benzene rings is 1. The van der Waals surface area contributed by atoms with Gasteiger partial charge in [0.25, 0.3) is 0 Å². The van der Waals surface area contributed by atoms with E-state index in [0.29, 0.717) is 0 Å². The average Bonchev–Trinajstić information content (AvgIpc) is 3.22. The average molecular weight is 369 g/mol. The fourth-order valence-electron chi connectivity index (χ4n) is 3.79. The lowest BCUT2D eigenvalue weighted by Crippen LogP contribution is -2.38. The van der Waals surface area contributed by atoms with Crippen LogP contribution < -0.4 is 9.64 Å². The molecule has 5 nitrogen and oxygen atoms in total. The third-order valence-electron chi connectivity index (χ3n) is 5.45. The summed E-state index contributed by atoms with van der Waals surface area (Å²) in [7, 11) is 0. The largest absolute Gasteiger partial charge is 0.490 e. The molecule has 2 aromatic heterocycles. The smallest absolute Gasteiger partial charge is 0.208 e. The van der Waals surface area contributed by atoms with E-state index in [0.717, 1.165) is 54.3 Å². The van der Waals surface area contributed by atoms with Crippen molar-refractivity contribution in [3.05, 3.63) is 35.5 Å². The highest BCUT2D eigenvalue weighted by atomic mass is 32.1. The van der Waals surface area contributed by atoms with Crippen molar-refractivity contribution in [1.82, 2.24) is 14.8 Å². The minimum absolute atomic E-state index is 0.276. The number of piperidine rings is 1. The fourth-order valence-corrected chi connectivity index (χ4v) is 4.53. The van der Waals surface area contributed by atoms with Crippen molar-refractivity contribution in [3.63, 3.8) is 0 Å². The van der Waals surface area contributed by atoms with Crippen LogP contribution in [0, 0.1) is 12.8 Å². The molecular weight excluding hydrogens is 344 g/mol. The zero-order chi connectivity index (χ0) is 17.5. The van der Waals surface area contributed by atoms with E-state index in [1.54, 1.807) is 11.3 Å². The van der Waals surface area contributed by atoms with Gasteiger partial charge < -0.3 is 14.2 Å². The molecule has 3 heterocycles. The van der Waals surface area contributed by atoms with Crippen LogP contribution >= 0.6 is 11.3 Å². The Morgan fingerprint density at radius 1 is 1.12 bits per heavy atom. The highest BCUT2D eigenvalue weighted by Crippen LogP contribution is 2.34. The lowest BCUT2D eigenvalue weighted by molar-refractivity contribution is 0.173. The highest BCUT2D eigenvalue weighted by molar-refractivity contribution is 7.15. The molecular formula is C20H24N4OS. The topological polar surface area (TPSA) is 43.2 Å². The first-order chi connectivity index (χ1) is 12.8. The summed E-state index contributed by atoms with van der Waals surface area (Å²) in [6, 6.07) is 8.67. The third kappa shape index (κ3) is 3.18. The first kappa shape index (κ1) is 16.1. The second kappa shape index (κ2) is 6.58. The lowest BCUT2D eigenvalue weighted by Gasteiger charge is -2.31. The number of hydrogen-bond donors (Lipinski definition) is 0. The summed E-state index contributed by atoms with van der Waals surface area (Å²) in [6.07, 6.45) is 7.30. The Balaban J connectivity index is 1.27. The van der Waals surface area contributed by atoms with Crippen LogP contribution in [0.4, 0.5) is 5.13 Å². The summed E-state index contributed by atoms with van der Waals surface area (Å²) in [5.74, 6) is 1.91. The normalized spacial score (nSPS) is 18.6. The first-order valence-corrected chi connectivity index (χ1v) is 10.4. The highest BCUT2D eigenvalue weighted by Gasteiger charge is 2.24. The van der Waals surface area contributed by atoms with Gasteiger partial charge in [0, 0.05) is 44.1 Å². The molecule has 0 unspecified atom stereocenters. The van der Waals surface area contributed by atoms with Gasteiger partial charge in [-0.25, -0.2) is 0 Å². The molecule has 0 bridgehead atoms. The van der Waals surface area contributed by atoms with Crippen molar-refractivity contribution in [3.8, 4) is 5.75 Å². The van der Waals surface area contributed by atoms with Gasteiger partial charge in [-0.1, -0.05) is 17.4 Å². The molecule has 0 radical (unpaired) electrons. The zero-order valence-corrected chi connectivity index (χ0v) is 15.9. The van der Waals surface area contributed by atoms with Crippen LogP contribution in [-0.4, -0.2) is 34.0 Å². The Bertz CT molecular complexity index is 906. The Kier molecular flexibility index (Phi) is 4.08. The van der Waals surface area contributed by atoms with Gasteiger partial charge in [-0.05, 0) is 43.9 Å². The molecule has 1 saturated carbocycles. The molecule has 2 fully saturated rings. The van der Waals surface area contributed by atoms with Crippen LogP contribution in [0.25, 0.3) is 10.9 Å². The molecule has 1 aromatic carbocycles. The number of hydrogen-bond acceptors (Lipinski definition) is 5. The van der Waals surface area contributed by atoms with Crippen molar-refractivity contribution < 1.29 is 4.74 Å². The Morgan fingerprint density at radius 3 is 2.69 bits per heavy atom. The Hall–Kier alpha value is -2.08. The van der Waals surface area contributed by atoms with Crippen molar-refractivity contribution >= 4 is 27.4 Å². The molecule has 2 aliphatic rings. The molecule has 1 aliphatic carbocycles. The maximum absolute atomic E-state index is 6.42. The summed E-state index contributed by atoms with van der Waals surface area (Å²) >= 11 is 1.67. The summed E-state index contributed by atoms with van der Waals surface area (Å²) in [5, 5.41) is 11.7. The van der Waals surface area contributed by atoms with E-state index < -0.39 is 0 Å². The van der Waals surface area contributed by atoms with E-state index in [9.17, 15) is 0 Å². The van der Waals surface area contributed by atoms with Crippen LogP contribution in [0.15, 0.2) is 30.5 Å². The van der Waals surface area contributed by atoms with E-state index in [-0.39, 0.29) is 6.10 Å². The van der Waals surface area contributed by atoms with Crippen molar-refractivity contribution in [1.29, 1.82) is 0 Å². The van der Waals surface area contributed by atoms with Gasteiger partial charge in [0.05, 0.1) is 5.52 Å². The molecule has 3 aromatic rings. The minimum Gasteiger partial charge on any atom is -0.490 e. The van der Waals surface area contributed by atoms with Crippen LogP contribution in [0.2, 0.25) is 0 Å². The van der Waals surface area contributed by atoms with E-state index in [1.165, 1.54) is 23.7 Å². The molecule has 0 N–H and O–H groups in total. The number of fused-ring (bicyclic) bond motifs is 1. The molecule has 0 spiro atoms. The summed E-state index contributed by atoms with van der Waals surface area (Å²) in [4.78, 5) is 2.33. The van der Waals surface area contributed by atoms with Gasteiger partial charge in [0.15, 0.2) is 0 Å². The number of aromatic nitrogens is 3. The van der Waals surface area contributed by atoms with E-state index in [4.69, 9.17) is 4.74 Å². The maximum Gasteiger partial charge on any atom is 0.208 e.